The summed E-state index contributed by atoms with van der Waals surface area (Å²) in [6.07, 6.45) is 0. The van der Waals surface area contributed by atoms with Gasteiger partial charge < -0.3 is 5.11 Å². The van der Waals surface area contributed by atoms with Crippen molar-refractivity contribution in [2.45, 2.75) is 30.2 Å². The fourth-order valence-electron chi connectivity index (χ4n) is 2.10. The second-order valence-corrected chi connectivity index (χ2v) is 11.6. The van der Waals surface area contributed by atoms with E-state index >= 15 is 0 Å². The third-order valence-electron chi connectivity index (χ3n) is 3.02. The molecule has 1 aromatic heterocycles. The Hall–Kier alpha value is 0.390. The summed E-state index contributed by atoms with van der Waals surface area (Å²) in [5, 5.41) is 8.96. The van der Waals surface area contributed by atoms with Crippen LogP contribution in [0.1, 0.15) is 13.8 Å². The van der Waals surface area contributed by atoms with Crippen LogP contribution in [0.15, 0.2) is 18.5 Å². The molecule has 118 valence electrons. The van der Waals surface area contributed by atoms with Crippen molar-refractivity contribution in [1.29, 1.82) is 0 Å². The summed E-state index contributed by atoms with van der Waals surface area (Å²) in [6, 6.07) is 0.474. The predicted molar refractivity (Wildman–Crippen MR) is 91.3 cm³/mol. The molecular weight excluding hydrogens is 466 g/mol. The number of thiophene rings is 1. The molecule has 2 rings (SSSR count). The van der Waals surface area contributed by atoms with Crippen LogP contribution in [0.3, 0.4) is 0 Å². The van der Waals surface area contributed by atoms with Crippen LogP contribution in [0.2, 0.25) is 0 Å². The van der Waals surface area contributed by atoms with E-state index < -0.39 is 22.0 Å². The first-order valence-electron chi connectivity index (χ1n) is 5.99. The number of thioether (sulfide) groups is 1. The maximum atomic E-state index is 12.9. The summed E-state index contributed by atoms with van der Waals surface area (Å²) in [6.45, 7) is 3.78. The van der Waals surface area contributed by atoms with E-state index in [-0.39, 0.29) is 21.9 Å². The molecule has 5 nitrogen and oxygen atoms in total. The molecule has 1 N–H and O–H groups in total. The van der Waals surface area contributed by atoms with Crippen molar-refractivity contribution >= 4 is 71.0 Å². The Morgan fingerprint density at radius 1 is 1.48 bits per heavy atom. The summed E-state index contributed by atoms with van der Waals surface area (Å²) in [7, 11) is -3.87. The zero-order valence-electron chi connectivity index (χ0n) is 11.1. The average Bonchev–Trinajstić information content (AvgIpc) is 2.93. The highest BCUT2D eigenvalue weighted by molar-refractivity contribution is 9.12. The SMILES string of the molecule is CC(C)C1SCC(C(=O)O)N1S(=O)(=O)c1cc(Br)sc1Br. The largest absolute Gasteiger partial charge is 0.480 e. The predicted octanol–water partition coefficient (Wildman–Crippen LogP) is 3.45. The van der Waals surface area contributed by atoms with Crippen molar-refractivity contribution in [3.63, 3.8) is 0 Å². The van der Waals surface area contributed by atoms with E-state index in [0.717, 1.165) is 4.31 Å². The number of halogens is 2. The molecule has 2 unspecified atom stereocenters. The number of carboxylic acid groups (broad SMARTS) is 1. The smallest absolute Gasteiger partial charge is 0.322 e. The quantitative estimate of drug-likeness (QED) is 0.717. The lowest BCUT2D eigenvalue weighted by molar-refractivity contribution is -0.140. The fraction of sp³-hybridized carbons (Fsp3) is 0.545. The van der Waals surface area contributed by atoms with Crippen molar-refractivity contribution in [3.8, 4) is 0 Å². The van der Waals surface area contributed by atoms with E-state index in [0.29, 0.717) is 7.57 Å². The van der Waals surface area contributed by atoms with E-state index in [9.17, 15) is 18.3 Å². The van der Waals surface area contributed by atoms with Gasteiger partial charge in [-0.3, -0.25) is 4.79 Å². The summed E-state index contributed by atoms with van der Waals surface area (Å²) in [5.74, 6) is -0.824. The highest BCUT2D eigenvalue weighted by atomic mass is 79.9. The van der Waals surface area contributed by atoms with Crippen molar-refractivity contribution in [3.05, 3.63) is 13.6 Å². The third-order valence-corrected chi connectivity index (χ3v) is 9.42. The van der Waals surface area contributed by atoms with Crippen LogP contribution in [0.5, 0.6) is 0 Å². The molecule has 1 aliphatic rings. The van der Waals surface area contributed by atoms with Crippen LogP contribution >= 0.6 is 55.0 Å². The van der Waals surface area contributed by atoms with Gasteiger partial charge in [-0.15, -0.1) is 23.1 Å². The molecule has 0 spiro atoms. The molecule has 0 aliphatic carbocycles. The highest BCUT2D eigenvalue weighted by Crippen LogP contribution is 2.42. The first-order chi connectivity index (χ1) is 9.66. The minimum atomic E-state index is -3.87. The zero-order valence-corrected chi connectivity index (χ0v) is 16.7. The Balaban J connectivity index is 2.53. The first-order valence-corrected chi connectivity index (χ1v) is 10.9. The van der Waals surface area contributed by atoms with E-state index in [4.69, 9.17) is 0 Å². The van der Waals surface area contributed by atoms with Gasteiger partial charge in [0.1, 0.15) is 10.9 Å². The van der Waals surface area contributed by atoms with Crippen LogP contribution in [0.4, 0.5) is 0 Å². The number of hydrogen-bond acceptors (Lipinski definition) is 5. The van der Waals surface area contributed by atoms with Gasteiger partial charge in [-0.2, -0.15) is 4.31 Å². The molecule has 0 aromatic carbocycles. The van der Waals surface area contributed by atoms with Gasteiger partial charge in [-0.25, -0.2) is 8.42 Å². The van der Waals surface area contributed by atoms with Gasteiger partial charge in [0.15, 0.2) is 0 Å². The molecule has 21 heavy (non-hydrogen) atoms. The zero-order chi connectivity index (χ0) is 15.9. The molecule has 0 bridgehead atoms. The number of rotatable bonds is 4. The number of hydrogen-bond donors (Lipinski definition) is 1. The molecule has 10 heteroatoms. The summed E-state index contributed by atoms with van der Waals surface area (Å²) < 4.78 is 28.1. The molecule has 1 aliphatic heterocycles. The molecule has 0 saturated carbocycles. The topological polar surface area (TPSA) is 74.7 Å². The van der Waals surface area contributed by atoms with Gasteiger partial charge >= 0.3 is 5.97 Å². The Morgan fingerprint density at radius 3 is 2.52 bits per heavy atom. The van der Waals surface area contributed by atoms with Crippen LogP contribution in [-0.4, -0.2) is 41.0 Å². The Labute approximate surface area is 148 Å². The number of sulfonamides is 1. The van der Waals surface area contributed by atoms with Gasteiger partial charge in [-0.1, -0.05) is 13.8 Å². The molecule has 1 aromatic rings. The van der Waals surface area contributed by atoms with Crippen LogP contribution < -0.4 is 0 Å². The summed E-state index contributed by atoms with van der Waals surface area (Å²) >= 11 is 9.12. The Bertz CT molecular complexity index is 658. The number of carboxylic acids is 1. The number of nitrogens with zero attached hydrogens (tertiary/aromatic N) is 1. The van der Waals surface area contributed by atoms with Gasteiger partial charge in [0.2, 0.25) is 10.0 Å². The van der Waals surface area contributed by atoms with Crippen LogP contribution in [0.25, 0.3) is 0 Å². The molecular formula is C11H13Br2NO4S3. The van der Waals surface area contributed by atoms with Crippen molar-refractivity contribution < 1.29 is 18.3 Å². The van der Waals surface area contributed by atoms with Crippen molar-refractivity contribution in [2.75, 3.05) is 5.75 Å². The molecule has 2 heterocycles. The van der Waals surface area contributed by atoms with E-state index in [1.807, 2.05) is 13.8 Å². The van der Waals surface area contributed by atoms with E-state index in [2.05, 4.69) is 31.9 Å². The third kappa shape index (κ3) is 3.35. The number of aliphatic carboxylic acids is 1. The summed E-state index contributed by atoms with van der Waals surface area (Å²) in [5.41, 5.74) is 0. The lowest BCUT2D eigenvalue weighted by Crippen LogP contribution is -2.46. The average molecular weight is 479 g/mol. The lowest BCUT2D eigenvalue weighted by atomic mass is 10.2. The monoisotopic (exact) mass is 477 g/mol. The normalized spacial score (nSPS) is 23.9. The maximum Gasteiger partial charge on any atom is 0.322 e. The van der Waals surface area contributed by atoms with Crippen LogP contribution in [-0.2, 0) is 14.8 Å². The second kappa shape index (κ2) is 6.48. The van der Waals surface area contributed by atoms with Gasteiger partial charge in [0, 0.05) is 5.75 Å². The van der Waals surface area contributed by atoms with Gasteiger partial charge in [-0.05, 0) is 43.8 Å². The number of carbonyl (C=O) groups is 1. The Morgan fingerprint density at radius 2 is 2.10 bits per heavy atom. The lowest BCUT2D eigenvalue weighted by Gasteiger charge is -2.28. The van der Waals surface area contributed by atoms with Gasteiger partial charge in [0.05, 0.1) is 12.9 Å². The minimum Gasteiger partial charge on any atom is -0.480 e. The molecule has 0 amide bonds. The maximum absolute atomic E-state index is 12.9. The molecule has 0 radical (unpaired) electrons. The van der Waals surface area contributed by atoms with E-state index in [1.54, 1.807) is 0 Å². The summed E-state index contributed by atoms with van der Waals surface area (Å²) in [4.78, 5) is 11.5. The van der Waals surface area contributed by atoms with E-state index in [1.165, 1.54) is 29.2 Å². The standard InChI is InChI=1S/C11H13Br2NO4S3/c1-5(2)10-14(6(4-19-10)11(15)16)21(17,18)7-3-8(12)20-9(7)13/h3,5-6,10H,4H2,1-2H3,(H,15,16). The van der Waals surface area contributed by atoms with Crippen molar-refractivity contribution in [1.82, 2.24) is 4.31 Å². The van der Waals surface area contributed by atoms with Gasteiger partial charge in [0.25, 0.3) is 0 Å². The second-order valence-electron chi connectivity index (χ2n) is 4.85. The van der Waals surface area contributed by atoms with Crippen molar-refractivity contribution in [2.24, 2.45) is 5.92 Å². The fourth-order valence-corrected chi connectivity index (χ4v) is 9.58. The Kier molecular flexibility index (Phi) is 5.48. The molecule has 1 saturated heterocycles. The van der Waals surface area contributed by atoms with Crippen LogP contribution in [0, 0.1) is 5.92 Å². The highest BCUT2D eigenvalue weighted by Gasteiger charge is 2.48. The molecule has 1 fully saturated rings. The minimum absolute atomic E-state index is 0.0231. The first kappa shape index (κ1) is 17.7. The molecule has 2 atom stereocenters.